The van der Waals surface area contributed by atoms with Crippen LogP contribution in [0.1, 0.15) is 0 Å². The molecule has 1 heterocycles. The van der Waals surface area contributed by atoms with Crippen molar-refractivity contribution in [1.29, 1.82) is 0 Å². The summed E-state index contributed by atoms with van der Waals surface area (Å²) < 4.78 is 24.1. The van der Waals surface area contributed by atoms with Crippen LogP contribution in [0.5, 0.6) is 5.75 Å². The molecule has 1 aromatic heterocycles. The fourth-order valence-corrected chi connectivity index (χ4v) is 1.97. The first-order valence-corrected chi connectivity index (χ1v) is 6.21. The lowest BCUT2D eigenvalue weighted by atomic mass is 10.1. The zero-order valence-electron chi connectivity index (χ0n) is 11.2. The SMILES string of the molecule is COc1cccc(-c2noc(-c3c(N)cccc3F)n2)c1. The fraction of sp³-hybridized carbons (Fsp3) is 0.0667. The molecule has 0 aliphatic rings. The number of benzene rings is 2. The van der Waals surface area contributed by atoms with Gasteiger partial charge in [0.05, 0.1) is 12.7 Å². The molecule has 106 valence electrons. The number of aromatic nitrogens is 2. The molecule has 0 radical (unpaired) electrons. The van der Waals surface area contributed by atoms with Crippen LogP contribution in [0.15, 0.2) is 47.0 Å². The van der Waals surface area contributed by atoms with E-state index in [1.54, 1.807) is 25.3 Å². The Bertz CT molecular complexity index is 766. The maximum Gasteiger partial charge on any atom is 0.263 e. The van der Waals surface area contributed by atoms with Crippen LogP contribution >= 0.6 is 0 Å². The summed E-state index contributed by atoms with van der Waals surface area (Å²) >= 11 is 0. The fourth-order valence-electron chi connectivity index (χ4n) is 1.97. The van der Waals surface area contributed by atoms with E-state index in [0.717, 1.165) is 0 Å². The average molecular weight is 285 g/mol. The molecule has 0 amide bonds. The second-order valence-corrected chi connectivity index (χ2v) is 4.36. The number of nitrogens with two attached hydrogens (primary N) is 1. The molecule has 0 saturated carbocycles. The van der Waals surface area contributed by atoms with Crippen LogP contribution in [0.4, 0.5) is 10.1 Å². The van der Waals surface area contributed by atoms with Gasteiger partial charge < -0.3 is 15.0 Å². The summed E-state index contributed by atoms with van der Waals surface area (Å²) in [6.07, 6.45) is 0. The minimum Gasteiger partial charge on any atom is -0.497 e. The Morgan fingerprint density at radius 2 is 2.00 bits per heavy atom. The highest BCUT2D eigenvalue weighted by Crippen LogP contribution is 2.29. The smallest absolute Gasteiger partial charge is 0.263 e. The normalized spacial score (nSPS) is 10.6. The molecule has 0 saturated heterocycles. The maximum atomic E-state index is 13.8. The Hall–Kier alpha value is -2.89. The monoisotopic (exact) mass is 285 g/mol. The molecule has 5 nitrogen and oxygen atoms in total. The van der Waals surface area contributed by atoms with Gasteiger partial charge in [0, 0.05) is 11.3 Å². The molecule has 0 fully saturated rings. The molecule has 0 unspecified atom stereocenters. The lowest BCUT2D eigenvalue weighted by molar-refractivity contribution is 0.414. The van der Waals surface area contributed by atoms with Crippen LogP contribution in [0.25, 0.3) is 22.8 Å². The van der Waals surface area contributed by atoms with Crippen molar-refractivity contribution >= 4 is 5.69 Å². The molecule has 0 bridgehead atoms. The molecular weight excluding hydrogens is 273 g/mol. The molecule has 21 heavy (non-hydrogen) atoms. The summed E-state index contributed by atoms with van der Waals surface area (Å²) in [5.41, 5.74) is 6.82. The van der Waals surface area contributed by atoms with Gasteiger partial charge in [-0.2, -0.15) is 4.98 Å². The Balaban J connectivity index is 2.04. The number of hydrogen-bond acceptors (Lipinski definition) is 5. The summed E-state index contributed by atoms with van der Waals surface area (Å²) in [4.78, 5) is 4.19. The van der Waals surface area contributed by atoms with Gasteiger partial charge >= 0.3 is 0 Å². The van der Waals surface area contributed by atoms with E-state index in [2.05, 4.69) is 10.1 Å². The van der Waals surface area contributed by atoms with Gasteiger partial charge in [0.25, 0.3) is 5.89 Å². The molecule has 3 aromatic rings. The Kier molecular flexibility index (Phi) is 3.27. The number of ether oxygens (including phenoxy) is 1. The predicted octanol–water partition coefficient (Wildman–Crippen LogP) is 3.13. The first kappa shape index (κ1) is 13.1. The minimum absolute atomic E-state index is 0.0448. The number of rotatable bonds is 3. The third kappa shape index (κ3) is 2.43. The van der Waals surface area contributed by atoms with Crippen LogP contribution < -0.4 is 10.5 Å². The van der Waals surface area contributed by atoms with Crippen molar-refractivity contribution in [3.05, 3.63) is 48.3 Å². The second kappa shape index (κ2) is 5.24. The summed E-state index contributed by atoms with van der Waals surface area (Å²) in [7, 11) is 1.57. The Morgan fingerprint density at radius 3 is 2.76 bits per heavy atom. The van der Waals surface area contributed by atoms with E-state index in [0.29, 0.717) is 17.1 Å². The highest BCUT2D eigenvalue weighted by atomic mass is 19.1. The summed E-state index contributed by atoms with van der Waals surface area (Å²) in [6, 6.07) is 11.6. The molecule has 0 aliphatic carbocycles. The van der Waals surface area contributed by atoms with Crippen molar-refractivity contribution in [3.8, 4) is 28.6 Å². The van der Waals surface area contributed by atoms with E-state index in [4.69, 9.17) is 15.0 Å². The van der Waals surface area contributed by atoms with E-state index >= 15 is 0 Å². The van der Waals surface area contributed by atoms with Gasteiger partial charge in [-0.1, -0.05) is 23.4 Å². The standard InChI is InChI=1S/C15H12FN3O2/c1-20-10-5-2-4-9(8-10)14-18-15(21-19-14)13-11(16)6-3-7-12(13)17/h2-8H,17H2,1H3. The zero-order chi connectivity index (χ0) is 14.8. The van der Waals surface area contributed by atoms with Gasteiger partial charge in [0.15, 0.2) is 0 Å². The lowest BCUT2D eigenvalue weighted by Crippen LogP contribution is -1.93. The van der Waals surface area contributed by atoms with Gasteiger partial charge in [0.2, 0.25) is 5.82 Å². The predicted molar refractivity (Wildman–Crippen MR) is 76.1 cm³/mol. The molecular formula is C15H12FN3O2. The zero-order valence-corrected chi connectivity index (χ0v) is 11.2. The number of nitrogen functional groups attached to an aromatic ring is 1. The summed E-state index contributed by atoms with van der Waals surface area (Å²) in [5.74, 6) is 0.551. The molecule has 2 N–H and O–H groups in total. The topological polar surface area (TPSA) is 74.2 Å². The van der Waals surface area contributed by atoms with Crippen LogP contribution in [0.3, 0.4) is 0 Å². The maximum absolute atomic E-state index is 13.8. The van der Waals surface area contributed by atoms with Gasteiger partial charge in [-0.3, -0.25) is 0 Å². The third-order valence-electron chi connectivity index (χ3n) is 3.01. The second-order valence-electron chi connectivity index (χ2n) is 4.36. The molecule has 2 aromatic carbocycles. The van der Waals surface area contributed by atoms with Crippen LogP contribution in [0, 0.1) is 5.82 Å². The number of methoxy groups -OCH3 is 1. The van der Waals surface area contributed by atoms with Gasteiger partial charge in [-0.05, 0) is 24.3 Å². The number of nitrogens with zero attached hydrogens (tertiary/aromatic N) is 2. The van der Waals surface area contributed by atoms with Crippen LogP contribution in [0.2, 0.25) is 0 Å². The average Bonchev–Trinajstić information content (AvgIpc) is 2.97. The van der Waals surface area contributed by atoms with Gasteiger partial charge in [-0.15, -0.1) is 0 Å². The molecule has 0 spiro atoms. The number of hydrogen-bond donors (Lipinski definition) is 1. The summed E-state index contributed by atoms with van der Waals surface area (Å²) in [5, 5.41) is 3.86. The first-order chi connectivity index (χ1) is 10.2. The van der Waals surface area contributed by atoms with Crippen molar-refractivity contribution in [2.75, 3.05) is 12.8 Å². The summed E-state index contributed by atoms with van der Waals surface area (Å²) in [6.45, 7) is 0. The van der Waals surface area contributed by atoms with E-state index in [1.807, 2.05) is 12.1 Å². The quantitative estimate of drug-likeness (QED) is 0.748. The Labute approximate surface area is 120 Å². The van der Waals surface area contributed by atoms with Crippen molar-refractivity contribution in [2.24, 2.45) is 0 Å². The van der Waals surface area contributed by atoms with Crippen molar-refractivity contribution in [1.82, 2.24) is 10.1 Å². The minimum atomic E-state index is -0.504. The van der Waals surface area contributed by atoms with Crippen LogP contribution in [-0.4, -0.2) is 17.3 Å². The largest absolute Gasteiger partial charge is 0.497 e. The van der Waals surface area contributed by atoms with Crippen LogP contribution in [-0.2, 0) is 0 Å². The number of anilines is 1. The highest BCUT2D eigenvalue weighted by Gasteiger charge is 2.17. The highest BCUT2D eigenvalue weighted by molar-refractivity contribution is 5.72. The van der Waals surface area contributed by atoms with E-state index < -0.39 is 5.82 Å². The van der Waals surface area contributed by atoms with Gasteiger partial charge in [-0.25, -0.2) is 4.39 Å². The van der Waals surface area contributed by atoms with E-state index in [9.17, 15) is 4.39 Å². The van der Waals surface area contributed by atoms with Crippen molar-refractivity contribution in [3.63, 3.8) is 0 Å². The van der Waals surface area contributed by atoms with Crippen molar-refractivity contribution in [2.45, 2.75) is 0 Å². The third-order valence-corrected chi connectivity index (χ3v) is 3.01. The molecule has 0 aliphatic heterocycles. The Morgan fingerprint density at radius 1 is 1.19 bits per heavy atom. The van der Waals surface area contributed by atoms with Crippen molar-refractivity contribution < 1.29 is 13.7 Å². The lowest BCUT2D eigenvalue weighted by Gasteiger charge is -2.01. The first-order valence-electron chi connectivity index (χ1n) is 6.21. The van der Waals surface area contributed by atoms with E-state index in [-0.39, 0.29) is 17.1 Å². The molecule has 3 rings (SSSR count). The molecule has 6 heteroatoms. The van der Waals surface area contributed by atoms with E-state index in [1.165, 1.54) is 12.1 Å². The molecule has 0 atom stereocenters. The van der Waals surface area contributed by atoms with Gasteiger partial charge in [0.1, 0.15) is 11.6 Å². The number of halogens is 1.